The zero-order chi connectivity index (χ0) is 30.5. The van der Waals surface area contributed by atoms with Crippen molar-refractivity contribution >= 4 is 33.3 Å². The summed E-state index contributed by atoms with van der Waals surface area (Å²) < 4.78 is 25.0. The van der Waals surface area contributed by atoms with Gasteiger partial charge in [0.1, 0.15) is 23.0 Å². The lowest BCUT2D eigenvalue weighted by Gasteiger charge is -2.40. The van der Waals surface area contributed by atoms with Gasteiger partial charge < -0.3 is 18.9 Å². The number of carbonyl (C=O) groups is 2. The maximum atomic E-state index is 14.8. The van der Waals surface area contributed by atoms with Gasteiger partial charge in [-0.3, -0.25) is 4.79 Å². The lowest BCUT2D eigenvalue weighted by molar-refractivity contribution is 0.0732. The molecule has 0 heterocycles. The third kappa shape index (κ3) is 4.51. The van der Waals surface area contributed by atoms with E-state index in [-0.39, 0.29) is 17.5 Å². The van der Waals surface area contributed by atoms with Crippen molar-refractivity contribution in [2.75, 3.05) is 20.8 Å². The normalized spacial score (nSPS) is 19.8. The summed E-state index contributed by atoms with van der Waals surface area (Å²) in [4.78, 5) is 28.0. The van der Waals surface area contributed by atoms with Crippen LogP contribution in [-0.2, 0) is 5.41 Å². The highest BCUT2D eigenvalue weighted by atomic mass is 79.9. The molecule has 0 N–H and O–H groups in total. The zero-order valence-electron chi connectivity index (χ0n) is 25.1. The second-order valence-corrected chi connectivity index (χ2v) is 12.4. The van der Waals surface area contributed by atoms with Crippen LogP contribution in [0.25, 0.3) is 5.57 Å². The topological polar surface area (TPSA) is 71.1 Å². The number of hydrogen-bond acceptors (Lipinski definition) is 6. The molecule has 3 aliphatic rings. The van der Waals surface area contributed by atoms with Gasteiger partial charge in [0.25, 0.3) is 0 Å². The molecule has 1 unspecified atom stereocenters. The van der Waals surface area contributed by atoms with Crippen LogP contribution in [0, 0.1) is 5.92 Å². The third-order valence-electron chi connectivity index (χ3n) is 9.12. The molecule has 0 fully saturated rings. The Hall–Kier alpha value is -3.84. The molecular formula is C36H35BrO6. The van der Waals surface area contributed by atoms with Gasteiger partial charge in [-0.1, -0.05) is 53.9 Å². The van der Waals surface area contributed by atoms with Crippen molar-refractivity contribution in [3.05, 3.63) is 98.0 Å². The molecule has 6 nitrogen and oxygen atoms in total. The van der Waals surface area contributed by atoms with E-state index in [1.54, 1.807) is 50.6 Å². The van der Waals surface area contributed by atoms with E-state index in [1.165, 1.54) is 5.57 Å². The van der Waals surface area contributed by atoms with E-state index in [2.05, 4.69) is 48.9 Å². The van der Waals surface area contributed by atoms with Crippen LogP contribution in [0.15, 0.2) is 64.7 Å². The minimum atomic E-state index is -0.551. The summed E-state index contributed by atoms with van der Waals surface area (Å²) >= 11 is 3.41. The van der Waals surface area contributed by atoms with Gasteiger partial charge in [0, 0.05) is 32.6 Å². The van der Waals surface area contributed by atoms with Crippen molar-refractivity contribution in [3.8, 4) is 23.0 Å². The van der Waals surface area contributed by atoms with Gasteiger partial charge in [-0.2, -0.15) is 0 Å². The number of fused-ring (bicyclic) bond motifs is 3. The fourth-order valence-electron chi connectivity index (χ4n) is 6.93. The molecule has 222 valence electrons. The lowest BCUT2D eigenvalue weighted by Crippen LogP contribution is -2.34. The van der Waals surface area contributed by atoms with Gasteiger partial charge in [0.15, 0.2) is 0 Å². The van der Waals surface area contributed by atoms with E-state index >= 15 is 0 Å². The van der Waals surface area contributed by atoms with E-state index in [0.717, 1.165) is 46.9 Å². The van der Waals surface area contributed by atoms with Crippen molar-refractivity contribution < 1.29 is 28.5 Å². The van der Waals surface area contributed by atoms with Crippen LogP contribution in [0.4, 0.5) is 0 Å². The Kier molecular flexibility index (Phi) is 7.71. The summed E-state index contributed by atoms with van der Waals surface area (Å²) in [7, 11) is 3.26. The number of halogens is 1. The van der Waals surface area contributed by atoms with Crippen LogP contribution in [0.5, 0.6) is 23.0 Å². The Morgan fingerprint density at radius 2 is 1.65 bits per heavy atom. The summed E-state index contributed by atoms with van der Waals surface area (Å²) in [6.07, 6.45) is 8.37. The average molecular weight is 644 g/mol. The van der Waals surface area contributed by atoms with E-state index in [0.29, 0.717) is 46.1 Å². The quantitative estimate of drug-likeness (QED) is 0.0831. The van der Waals surface area contributed by atoms with Crippen LogP contribution in [0.1, 0.15) is 89.4 Å². The Morgan fingerprint density at radius 1 is 0.953 bits per heavy atom. The third-order valence-corrected chi connectivity index (χ3v) is 9.65. The van der Waals surface area contributed by atoms with E-state index in [1.807, 2.05) is 6.07 Å². The molecule has 0 radical (unpaired) electrons. The van der Waals surface area contributed by atoms with Crippen LogP contribution in [0.3, 0.4) is 0 Å². The molecule has 0 aromatic heterocycles. The monoisotopic (exact) mass is 642 g/mol. The molecule has 2 atom stereocenters. The molecule has 0 aliphatic heterocycles. The molecule has 0 saturated carbocycles. The maximum absolute atomic E-state index is 14.8. The SMILES string of the molecule is CCCCOc1cc(OC)c2c3c1C(=O)c1c(OC(=O)c4ccc(Br)cc4)ccc(OC)c1C3=C[C@]21C(C)=CCCC1C. The summed E-state index contributed by atoms with van der Waals surface area (Å²) in [5.74, 6) is 1.33. The van der Waals surface area contributed by atoms with Gasteiger partial charge in [-0.05, 0) is 74.1 Å². The molecular weight excluding hydrogens is 608 g/mol. The lowest BCUT2D eigenvalue weighted by atomic mass is 9.63. The first kappa shape index (κ1) is 29.2. The van der Waals surface area contributed by atoms with Crippen LogP contribution < -0.4 is 18.9 Å². The molecule has 0 saturated heterocycles. The number of unbranched alkanes of at least 4 members (excludes halogenated alkanes) is 1. The molecule has 1 spiro atoms. The average Bonchev–Trinajstić information content (AvgIpc) is 3.36. The number of rotatable bonds is 8. The first-order chi connectivity index (χ1) is 20.8. The number of esters is 1. The molecule has 43 heavy (non-hydrogen) atoms. The van der Waals surface area contributed by atoms with Gasteiger partial charge >= 0.3 is 5.97 Å². The number of ether oxygens (including phenoxy) is 4. The molecule has 0 amide bonds. The fraction of sp³-hybridized carbons (Fsp3) is 0.333. The molecule has 6 rings (SSSR count). The largest absolute Gasteiger partial charge is 0.496 e. The van der Waals surface area contributed by atoms with Gasteiger partial charge in [-0.15, -0.1) is 0 Å². The first-order valence-electron chi connectivity index (χ1n) is 14.8. The number of benzene rings is 3. The van der Waals surface area contributed by atoms with Crippen LogP contribution in [-0.4, -0.2) is 32.6 Å². The second kappa shape index (κ2) is 11.3. The Bertz CT molecular complexity index is 1700. The molecule has 0 bridgehead atoms. The van der Waals surface area contributed by atoms with Crippen molar-refractivity contribution in [1.82, 2.24) is 0 Å². The van der Waals surface area contributed by atoms with Crippen molar-refractivity contribution in [1.29, 1.82) is 0 Å². The highest BCUT2D eigenvalue weighted by Gasteiger charge is 2.52. The molecule has 3 aromatic carbocycles. The highest BCUT2D eigenvalue weighted by molar-refractivity contribution is 9.10. The number of allylic oxidation sites excluding steroid dienone is 3. The standard InChI is InChI=1S/C36H35BrO6/c1-6-7-17-42-27-18-28(41-5)33-30-24(19-36(33)20(2)9-8-10-21(36)3)29-25(40-4)15-16-26(31(29)34(38)32(27)30)43-35(39)22-11-13-23(37)14-12-22/h9,11-16,18-19,21H,6-8,10,17H2,1-5H3/t21?,36-/m1/s1. The molecule has 7 heteroatoms. The summed E-state index contributed by atoms with van der Waals surface area (Å²) in [5, 5.41) is 0. The van der Waals surface area contributed by atoms with Crippen molar-refractivity contribution in [2.24, 2.45) is 5.92 Å². The Morgan fingerprint density at radius 3 is 2.33 bits per heavy atom. The fourth-order valence-corrected chi connectivity index (χ4v) is 7.19. The first-order valence-corrected chi connectivity index (χ1v) is 15.6. The smallest absolute Gasteiger partial charge is 0.343 e. The summed E-state index contributed by atoms with van der Waals surface area (Å²) in [6.45, 7) is 6.99. The maximum Gasteiger partial charge on any atom is 0.343 e. The van der Waals surface area contributed by atoms with Crippen LogP contribution >= 0.6 is 15.9 Å². The number of methoxy groups -OCH3 is 2. The minimum absolute atomic E-state index is 0.182. The molecule has 3 aromatic rings. The summed E-state index contributed by atoms with van der Waals surface area (Å²) in [6, 6.07) is 12.2. The number of ketones is 1. The number of hydrogen-bond donors (Lipinski definition) is 0. The molecule has 3 aliphatic carbocycles. The van der Waals surface area contributed by atoms with Crippen molar-refractivity contribution in [2.45, 2.75) is 51.9 Å². The highest BCUT2D eigenvalue weighted by Crippen LogP contribution is 2.62. The van der Waals surface area contributed by atoms with Gasteiger partial charge in [0.2, 0.25) is 5.78 Å². The van der Waals surface area contributed by atoms with E-state index < -0.39 is 11.4 Å². The van der Waals surface area contributed by atoms with E-state index in [4.69, 9.17) is 18.9 Å². The Balaban J connectivity index is 1.63. The predicted molar refractivity (Wildman–Crippen MR) is 170 cm³/mol. The van der Waals surface area contributed by atoms with Crippen LogP contribution in [0.2, 0.25) is 0 Å². The van der Waals surface area contributed by atoms with E-state index in [9.17, 15) is 9.59 Å². The number of carbonyl (C=O) groups excluding carboxylic acids is 2. The predicted octanol–water partition coefficient (Wildman–Crippen LogP) is 8.47. The minimum Gasteiger partial charge on any atom is -0.496 e. The summed E-state index contributed by atoms with van der Waals surface area (Å²) in [5.41, 5.74) is 5.20. The van der Waals surface area contributed by atoms with Crippen molar-refractivity contribution in [3.63, 3.8) is 0 Å². The zero-order valence-corrected chi connectivity index (χ0v) is 26.7. The van der Waals surface area contributed by atoms with Gasteiger partial charge in [0.05, 0.1) is 37.5 Å². The van der Waals surface area contributed by atoms with Gasteiger partial charge in [-0.25, -0.2) is 4.79 Å². The second-order valence-electron chi connectivity index (χ2n) is 11.4. The Labute approximate surface area is 260 Å².